The van der Waals surface area contributed by atoms with Crippen molar-refractivity contribution < 1.29 is 32.3 Å². The minimum atomic E-state index is -1.14. The van der Waals surface area contributed by atoms with Gasteiger partial charge in [-0.15, -0.1) is 0 Å². The van der Waals surface area contributed by atoms with E-state index in [1.807, 2.05) is 0 Å². The van der Waals surface area contributed by atoms with E-state index in [1.54, 1.807) is 30.3 Å². The van der Waals surface area contributed by atoms with Gasteiger partial charge in [-0.05, 0) is 35.9 Å². The average molecular weight is 577 g/mol. The standard InChI is InChI=1S/C29H19ClF2N4O5/c1-39-28(37)24-23(14-6-4-3-5-7-14)17(13-33)26(34)36(25(24)29(38)40-2)15-8-9-22-21(10-15)35-27(41-22)16-11-19(31)20(32)12-18(16)30/h3-12,23H,34H2,1-2H3. The summed E-state index contributed by atoms with van der Waals surface area (Å²) in [6.07, 6.45) is 0. The molecule has 12 heteroatoms. The predicted octanol–water partition coefficient (Wildman–Crippen LogP) is 5.32. The minimum Gasteiger partial charge on any atom is -0.466 e. The maximum absolute atomic E-state index is 13.9. The van der Waals surface area contributed by atoms with Gasteiger partial charge in [0, 0.05) is 0 Å². The lowest BCUT2D eigenvalue weighted by atomic mass is 9.81. The lowest BCUT2D eigenvalue weighted by Crippen LogP contribution is -2.40. The van der Waals surface area contributed by atoms with Gasteiger partial charge in [-0.3, -0.25) is 4.90 Å². The fourth-order valence-corrected chi connectivity index (χ4v) is 4.87. The predicted molar refractivity (Wildman–Crippen MR) is 144 cm³/mol. The topological polar surface area (TPSA) is 132 Å². The number of allylic oxidation sites excluding steroid dienone is 1. The van der Waals surface area contributed by atoms with Crippen LogP contribution in [0, 0.1) is 23.0 Å². The molecule has 206 valence electrons. The summed E-state index contributed by atoms with van der Waals surface area (Å²) in [6, 6.07) is 16.8. The quantitative estimate of drug-likeness (QED) is 0.247. The number of esters is 2. The number of ether oxygens (including phenoxy) is 2. The maximum Gasteiger partial charge on any atom is 0.355 e. The van der Waals surface area contributed by atoms with Crippen molar-refractivity contribution in [3.63, 3.8) is 0 Å². The number of oxazole rings is 1. The number of halogens is 3. The van der Waals surface area contributed by atoms with Gasteiger partial charge in [0.1, 0.15) is 17.0 Å². The van der Waals surface area contributed by atoms with E-state index in [1.165, 1.54) is 23.1 Å². The molecule has 1 aliphatic rings. The van der Waals surface area contributed by atoms with Crippen LogP contribution in [0.25, 0.3) is 22.6 Å². The van der Waals surface area contributed by atoms with E-state index < -0.39 is 29.5 Å². The highest BCUT2D eigenvalue weighted by Crippen LogP contribution is 2.44. The molecule has 0 saturated heterocycles. The van der Waals surface area contributed by atoms with Gasteiger partial charge in [0.15, 0.2) is 17.2 Å². The number of hydrogen-bond donors (Lipinski definition) is 1. The average Bonchev–Trinajstić information content (AvgIpc) is 3.41. The Balaban J connectivity index is 1.73. The molecule has 0 spiro atoms. The Morgan fingerprint density at radius 1 is 1.05 bits per heavy atom. The van der Waals surface area contributed by atoms with E-state index in [9.17, 15) is 23.6 Å². The summed E-state index contributed by atoms with van der Waals surface area (Å²) in [6.45, 7) is 0. The van der Waals surface area contributed by atoms with Gasteiger partial charge < -0.3 is 19.6 Å². The summed E-state index contributed by atoms with van der Waals surface area (Å²) < 4.78 is 43.3. The van der Waals surface area contributed by atoms with E-state index in [0.717, 1.165) is 26.4 Å². The number of carbonyl (C=O) groups excluding carboxylic acids is 2. The first-order valence-electron chi connectivity index (χ1n) is 11.9. The van der Waals surface area contributed by atoms with Crippen molar-refractivity contribution in [2.45, 2.75) is 5.92 Å². The van der Waals surface area contributed by atoms with E-state index in [0.29, 0.717) is 5.56 Å². The second-order valence-corrected chi connectivity index (χ2v) is 9.16. The van der Waals surface area contributed by atoms with Crippen molar-refractivity contribution in [2.24, 2.45) is 5.73 Å². The van der Waals surface area contributed by atoms with Gasteiger partial charge in [-0.2, -0.15) is 5.26 Å². The molecular weight excluding hydrogens is 558 g/mol. The third-order valence-electron chi connectivity index (χ3n) is 6.48. The zero-order valence-corrected chi connectivity index (χ0v) is 22.2. The van der Waals surface area contributed by atoms with Crippen molar-refractivity contribution in [2.75, 3.05) is 19.1 Å². The number of rotatable bonds is 5. The van der Waals surface area contributed by atoms with Crippen LogP contribution in [0.2, 0.25) is 5.02 Å². The highest BCUT2D eigenvalue weighted by atomic mass is 35.5. The van der Waals surface area contributed by atoms with Crippen molar-refractivity contribution in [3.8, 4) is 17.5 Å². The van der Waals surface area contributed by atoms with E-state index in [2.05, 4.69) is 11.1 Å². The lowest BCUT2D eigenvalue weighted by molar-refractivity contribution is -0.139. The molecule has 1 aromatic heterocycles. The molecule has 1 unspecified atom stereocenters. The molecule has 2 N–H and O–H groups in total. The van der Waals surface area contributed by atoms with Crippen LogP contribution in [0.3, 0.4) is 0 Å². The zero-order chi connectivity index (χ0) is 29.4. The summed E-state index contributed by atoms with van der Waals surface area (Å²) in [5.74, 6) is -5.32. The van der Waals surface area contributed by atoms with Crippen LogP contribution in [-0.2, 0) is 19.1 Å². The fraction of sp³-hybridized carbons (Fsp3) is 0.103. The molecule has 1 atom stereocenters. The SMILES string of the molecule is COC(=O)C1=C(C(=O)OC)N(c2ccc3oc(-c4cc(F)c(F)cc4Cl)nc3c2)C(N)=C(C#N)C1c1ccccc1. The molecule has 0 aliphatic carbocycles. The van der Waals surface area contributed by atoms with Crippen LogP contribution in [-0.4, -0.2) is 31.1 Å². The molecule has 0 fully saturated rings. The van der Waals surface area contributed by atoms with Crippen LogP contribution in [0.1, 0.15) is 11.5 Å². The summed E-state index contributed by atoms with van der Waals surface area (Å²) in [7, 11) is 2.29. The van der Waals surface area contributed by atoms with Crippen LogP contribution in [0.15, 0.2) is 87.7 Å². The molecule has 0 amide bonds. The Bertz CT molecular complexity index is 1830. The first-order chi connectivity index (χ1) is 19.7. The van der Waals surface area contributed by atoms with Crippen molar-refractivity contribution >= 4 is 40.3 Å². The number of carbonyl (C=O) groups is 2. The number of nitrogens with zero attached hydrogens (tertiary/aromatic N) is 3. The van der Waals surface area contributed by atoms with Gasteiger partial charge >= 0.3 is 11.9 Å². The van der Waals surface area contributed by atoms with Crippen molar-refractivity contribution in [3.05, 3.63) is 106 Å². The molecular formula is C29H19ClF2N4O5. The summed E-state index contributed by atoms with van der Waals surface area (Å²) in [4.78, 5) is 32.0. The highest BCUT2D eigenvalue weighted by Gasteiger charge is 2.43. The van der Waals surface area contributed by atoms with Gasteiger partial charge in [0.05, 0.1) is 53.6 Å². The molecule has 0 bridgehead atoms. The van der Waals surface area contributed by atoms with Gasteiger partial charge in [-0.1, -0.05) is 41.9 Å². The number of nitrogens with two attached hydrogens (primary N) is 1. The van der Waals surface area contributed by atoms with E-state index >= 15 is 0 Å². The summed E-state index contributed by atoms with van der Waals surface area (Å²) in [5, 5.41) is 10.1. The zero-order valence-electron chi connectivity index (χ0n) is 21.4. The Labute approximate surface area is 236 Å². The lowest BCUT2D eigenvalue weighted by Gasteiger charge is -2.35. The largest absolute Gasteiger partial charge is 0.466 e. The van der Waals surface area contributed by atoms with Crippen LogP contribution < -0.4 is 10.6 Å². The van der Waals surface area contributed by atoms with Crippen LogP contribution in [0.4, 0.5) is 14.5 Å². The Hall–Kier alpha value is -5.21. The monoisotopic (exact) mass is 576 g/mol. The normalized spacial score (nSPS) is 15.2. The first-order valence-corrected chi connectivity index (χ1v) is 12.3. The first kappa shape index (κ1) is 27.4. The number of hydrogen-bond acceptors (Lipinski definition) is 9. The molecule has 0 saturated carbocycles. The van der Waals surface area contributed by atoms with E-state index in [4.69, 9.17) is 31.2 Å². The molecule has 4 aromatic rings. The number of anilines is 1. The molecule has 2 heterocycles. The second-order valence-electron chi connectivity index (χ2n) is 8.75. The molecule has 5 rings (SSSR count). The number of nitriles is 1. The number of methoxy groups -OCH3 is 2. The summed E-state index contributed by atoms with van der Waals surface area (Å²) >= 11 is 6.09. The second kappa shape index (κ2) is 10.7. The minimum absolute atomic E-state index is 0.0150. The fourth-order valence-electron chi connectivity index (χ4n) is 4.64. The van der Waals surface area contributed by atoms with Crippen LogP contribution >= 0.6 is 11.6 Å². The van der Waals surface area contributed by atoms with Crippen LogP contribution in [0.5, 0.6) is 0 Å². The van der Waals surface area contributed by atoms with Gasteiger partial charge in [0.25, 0.3) is 0 Å². The maximum atomic E-state index is 13.9. The number of benzene rings is 3. The molecule has 9 nitrogen and oxygen atoms in total. The van der Waals surface area contributed by atoms with Crippen molar-refractivity contribution in [1.29, 1.82) is 5.26 Å². The third kappa shape index (κ3) is 4.64. The van der Waals surface area contributed by atoms with Gasteiger partial charge in [-0.25, -0.2) is 23.4 Å². The molecule has 1 aliphatic heterocycles. The molecule has 3 aromatic carbocycles. The highest BCUT2D eigenvalue weighted by molar-refractivity contribution is 6.33. The third-order valence-corrected chi connectivity index (χ3v) is 6.79. The van der Waals surface area contributed by atoms with E-state index in [-0.39, 0.29) is 55.9 Å². The Morgan fingerprint density at radius 2 is 1.73 bits per heavy atom. The van der Waals surface area contributed by atoms with Gasteiger partial charge in [0.2, 0.25) is 5.89 Å². The smallest absolute Gasteiger partial charge is 0.355 e. The molecule has 41 heavy (non-hydrogen) atoms. The number of aromatic nitrogens is 1. The van der Waals surface area contributed by atoms with Crippen molar-refractivity contribution in [1.82, 2.24) is 4.98 Å². The Morgan fingerprint density at radius 3 is 2.39 bits per heavy atom. The molecule has 0 radical (unpaired) electrons. The number of fused-ring (bicyclic) bond motifs is 1. The summed E-state index contributed by atoms with van der Waals surface area (Å²) in [5.41, 5.74) is 7.29. The Kier molecular flexibility index (Phi) is 7.17.